The van der Waals surface area contributed by atoms with Crippen LogP contribution in [-0.4, -0.2) is 43.3 Å². The van der Waals surface area contributed by atoms with Crippen LogP contribution in [0.5, 0.6) is 0 Å². The molecule has 0 saturated carbocycles. The van der Waals surface area contributed by atoms with E-state index < -0.39 is 0 Å². The van der Waals surface area contributed by atoms with Gasteiger partial charge in [-0.3, -0.25) is 19.2 Å². The molecule has 2 aromatic heterocycles. The van der Waals surface area contributed by atoms with E-state index in [1.54, 1.807) is 10.9 Å². The van der Waals surface area contributed by atoms with Crippen LogP contribution < -0.4 is 0 Å². The van der Waals surface area contributed by atoms with Crippen LogP contribution in [0.25, 0.3) is 22.0 Å². The van der Waals surface area contributed by atoms with Crippen LogP contribution >= 0.6 is 0 Å². The Morgan fingerprint density at radius 3 is 2.50 bits per heavy atom. The van der Waals surface area contributed by atoms with Crippen LogP contribution in [0.1, 0.15) is 16.8 Å². The maximum Gasteiger partial charge on any atom is 0.263 e. The number of nitrogens with zero attached hydrogens (tertiary/aromatic N) is 5. The van der Waals surface area contributed by atoms with E-state index in [0.29, 0.717) is 23.4 Å². The number of hydrogen-bond donors (Lipinski definition) is 0. The lowest BCUT2D eigenvalue weighted by atomic mass is 9.98. The van der Waals surface area contributed by atoms with Gasteiger partial charge in [0.15, 0.2) is 0 Å². The Morgan fingerprint density at radius 2 is 1.66 bits per heavy atom. The Balaban J connectivity index is 1.57. The summed E-state index contributed by atoms with van der Waals surface area (Å²) < 4.78 is 4.00. The molecule has 7 heteroatoms. The molecule has 1 unspecified atom stereocenters. The molecular weight excluding hydrogens is 402 g/mol. The lowest BCUT2D eigenvalue weighted by Gasteiger charge is -2.18. The number of amides is 2. The largest absolute Gasteiger partial charge is 0.346 e. The number of aromatic nitrogens is 4. The Hall–Kier alpha value is -4.00. The monoisotopic (exact) mass is 423 g/mol. The molecule has 2 aliphatic heterocycles. The molecule has 0 fully saturated rings. The molecule has 4 bridgehead atoms. The average Bonchev–Trinajstić information content (AvgIpc) is 3.45. The fourth-order valence-electron chi connectivity index (χ4n) is 4.91. The van der Waals surface area contributed by atoms with E-state index in [4.69, 9.17) is 0 Å². The van der Waals surface area contributed by atoms with E-state index in [1.807, 2.05) is 30.5 Å². The van der Waals surface area contributed by atoms with Crippen molar-refractivity contribution in [3.8, 4) is 0 Å². The SMILES string of the molecule is CN1C(=O)C2=C(C1=O)c1cn(c3ccccc13)CC(Cc1ccccc1)Cn1cc2nn1. The number of rotatable bonds is 2. The minimum atomic E-state index is -0.339. The molecule has 0 aliphatic carbocycles. The van der Waals surface area contributed by atoms with Gasteiger partial charge in [-0.25, -0.2) is 0 Å². The third-order valence-corrected chi connectivity index (χ3v) is 6.41. The van der Waals surface area contributed by atoms with Crippen molar-refractivity contribution in [1.29, 1.82) is 0 Å². The highest BCUT2D eigenvalue weighted by Gasteiger charge is 2.40. The topological polar surface area (TPSA) is 73.0 Å². The van der Waals surface area contributed by atoms with Gasteiger partial charge in [-0.05, 0) is 18.1 Å². The number of benzene rings is 2. The van der Waals surface area contributed by atoms with Gasteiger partial charge in [0, 0.05) is 48.7 Å². The van der Waals surface area contributed by atoms with E-state index in [1.165, 1.54) is 17.5 Å². The molecule has 4 aromatic rings. The van der Waals surface area contributed by atoms with Gasteiger partial charge >= 0.3 is 0 Å². The molecular formula is C25H21N5O2. The average molecular weight is 423 g/mol. The van der Waals surface area contributed by atoms with E-state index in [0.717, 1.165) is 29.4 Å². The third-order valence-electron chi connectivity index (χ3n) is 6.41. The molecule has 6 rings (SSSR count). The lowest BCUT2D eigenvalue weighted by molar-refractivity contribution is -0.134. The molecule has 2 aromatic carbocycles. The van der Waals surface area contributed by atoms with Crippen molar-refractivity contribution in [2.45, 2.75) is 19.5 Å². The first-order valence-corrected chi connectivity index (χ1v) is 10.7. The highest BCUT2D eigenvalue weighted by molar-refractivity contribution is 6.49. The van der Waals surface area contributed by atoms with Crippen LogP contribution in [0.4, 0.5) is 0 Å². The molecule has 0 N–H and O–H groups in total. The Morgan fingerprint density at radius 1 is 0.906 bits per heavy atom. The van der Waals surface area contributed by atoms with Gasteiger partial charge < -0.3 is 4.57 Å². The predicted molar refractivity (Wildman–Crippen MR) is 120 cm³/mol. The van der Waals surface area contributed by atoms with Gasteiger partial charge in [0.1, 0.15) is 5.69 Å². The van der Waals surface area contributed by atoms with Gasteiger partial charge in [0.05, 0.1) is 17.3 Å². The Bertz CT molecular complexity index is 1410. The Labute approximate surface area is 184 Å². The summed E-state index contributed by atoms with van der Waals surface area (Å²) >= 11 is 0. The summed E-state index contributed by atoms with van der Waals surface area (Å²) in [5.74, 6) is -0.394. The fraction of sp³-hybridized carbons (Fsp3) is 0.200. The maximum absolute atomic E-state index is 13.2. The van der Waals surface area contributed by atoms with E-state index in [-0.39, 0.29) is 17.7 Å². The molecule has 7 nitrogen and oxygen atoms in total. The quantitative estimate of drug-likeness (QED) is 0.465. The van der Waals surface area contributed by atoms with E-state index >= 15 is 0 Å². The number of carbonyl (C=O) groups is 2. The number of likely N-dealkylation sites (N-methyl/N-ethyl adjacent to an activating group) is 1. The number of hydrogen-bond acceptors (Lipinski definition) is 4. The summed E-state index contributed by atoms with van der Waals surface area (Å²) in [7, 11) is 1.52. The van der Waals surface area contributed by atoms with Crippen molar-refractivity contribution in [3.05, 3.63) is 83.8 Å². The summed E-state index contributed by atoms with van der Waals surface area (Å²) in [6.07, 6.45) is 4.69. The first-order chi connectivity index (χ1) is 15.6. The van der Waals surface area contributed by atoms with Crippen molar-refractivity contribution >= 4 is 33.9 Å². The summed E-state index contributed by atoms with van der Waals surface area (Å²) in [5.41, 5.74) is 4.26. The number of imide groups is 1. The summed E-state index contributed by atoms with van der Waals surface area (Å²) in [6, 6.07) is 18.5. The second-order valence-corrected chi connectivity index (χ2v) is 8.51. The zero-order valence-corrected chi connectivity index (χ0v) is 17.6. The van der Waals surface area contributed by atoms with Crippen molar-refractivity contribution < 1.29 is 9.59 Å². The van der Waals surface area contributed by atoms with Crippen molar-refractivity contribution in [3.63, 3.8) is 0 Å². The van der Waals surface area contributed by atoms with Crippen molar-refractivity contribution in [1.82, 2.24) is 24.5 Å². The summed E-state index contributed by atoms with van der Waals surface area (Å²) in [6.45, 7) is 1.41. The second-order valence-electron chi connectivity index (χ2n) is 8.51. The van der Waals surface area contributed by atoms with Crippen molar-refractivity contribution in [2.24, 2.45) is 5.92 Å². The molecule has 2 amide bonds. The third kappa shape index (κ3) is 2.81. The highest BCUT2D eigenvalue weighted by atomic mass is 16.2. The maximum atomic E-state index is 13.2. The molecule has 158 valence electrons. The van der Waals surface area contributed by atoms with E-state index in [9.17, 15) is 9.59 Å². The zero-order chi connectivity index (χ0) is 21.8. The fourth-order valence-corrected chi connectivity index (χ4v) is 4.91. The van der Waals surface area contributed by atoms with Crippen LogP contribution in [0.3, 0.4) is 0 Å². The van der Waals surface area contributed by atoms with Gasteiger partial charge in [-0.2, -0.15) is 0 Å². The molecule has 1 atom stereocenters. The van der Waals surface area contributed by atoms with Crippen LogP contribution in [0, 0.1) is 5.92 Å². The molecule has 0 saturated heterocycles. The van der Waals surface area contributed by atoms with Gasteiger partial charge in [-0.15, -0.1) is 5.10 Å². The summed E-state index contributed by atoms with van der Waals surface area (Å²) in [5, 5.41) is 9.55. The summed E-state index contributed by atoms with van der Waals surface area (Å²) in [4.78, 5) is 27.3. The number of para-hydroxylation sites is 1. The second kappa shape index (κ2) is 7.02. The Kier molecular flexibility index (Phi) is 4.11. The van der Waals surface area contributed by atoms with Gasteiger partial charge in [0.2, 0.25) is 0 Å². The molecule has 2 aliphatic rings. The lowest BCUT2D eigenvalue weighted by Crippen LogP contribution is -2.26. The first-order valence-electron chi connectivity index (χ1n) is 10.7. The molecule has 0 spiro atoms. The predicted octanol–water partition coefficient (Wildman–Crippen LogP) is 3.01. The molecule has 4 heterocycles. The van der Waals surface area contributed by atoms with Gasteiger partial charge in [-0.1, -0.05) is 53.7 Å². The minimum Gasteiger partial charge on any atom is -0.346 e. The first kappa shape index (κ1) is 18.7. The standard InChI is InChI=1S/C25H21N5O2/c1-28-24(31)22-19-14-29(21-10-6-5-9-18(19)21)12-17(11-16-7-3-2-4-8-16)13-30-15-20(26-27-30)23(22)25(28)32/h2-10,14-15,17H,11-13H2,1H3. The molecule has 32 heavy (non-hydrogen) atoms. The number of carbonyl (C=O) groups excluding carboxylic acids is 2. The van der Waals surface area contributed by atoms with E-state index in [2.05, 4.69) is 45.2 Å². The minimum absolute atomic E-state index is 0.248. The van der Waals surface area contributed by atoms with Crippen LogP contribution in [-0.2, 0) is 29.1 Å². The highest BCUT2D eigenvalue weighted by Crippen LogP contribution is 2.38. The van der Waals surface area contributed by atoms with Gasteiger partial charge in [0.25, 0.3) is 11.8 Å². The molecule has 0 radical (unpaired) electrons. The smallest absolute Gasteiger partial charge is 0.263 e. The van der Waals surface area contributed by atoms with Crippen LogP contribution in [0.15, 0.2) is 67.0 Å². The van der Waals surface area contributed by atoms with Crippen LogP contribution in [0.2, 0.25) is 0 Å². The number of fused-ring (bicyclic) bond motifs is 9. The normalized spacial score (nSPS) is 18.3. The van der Waals surface area contributed by atoms with Crippen molar-refractivity contribution in [2.75, 3.05) is 7.05 Å². The zero-order valence-electron chi connectivity index (χ0n) is 17.6.